The molecule has 0 saturated heterocycles. The second-order valence-electron chi connectivity index (χ2n) is 3.79. The Morgan fingerprint density at radius 2 is 1.95 bits per heavy atom. The second-order valence-corrected chi connectivity index (χ2v) is 5.40. The molecule has 0 spiro atoms. The van der Waals surface area contributed by atoms with Gasteiger partial charge in [-0.15, -0.1) is 11.8 Å². The van der Waals surface area contributed by atoms with E-state index >= 15 is 0 Å². The van der Waals surface area contributed by atoms with Crippen molar-refractivity contribution in [2.75, 3.05) is 12.4 Å². The van der Waals surface area contributed by atoms with Gasteiger partial charge in [0.2, 0.25) is 0 Å². The molecule has 0 heterocycles. The highest BCUT2D eigenvalue weighted by Gasteiger charge is 1.97. The lowest BCUT2D eigenvalue weighted by atomic mass is 10.2. The molecule has 2 aromatic carbocycles. The summed E-state index contributed by atoms with van der Waals surface area (Å²) >= 11 is 7.57. The van der Waals surface area contributed by atoms with Gasteiger partial charge < -0.3 is 4.74 Å². The highest BCUT2D eigenvalue weighted by molar-refractivity contribution is 7.99. The first-order chi connectivity index (χ1) is 9.28. The average Bonchev–Trinajstić information content (AvgIpc) is 2.44. The third-order valence-corrected chi connectivity index (χ3v) is 3.61. The topological polar surface area (TPSA) is 33.0 Å². The molecule has 0 unspecified atom stereocenters. The van der Waals surface area contributed by atoms with Gasteiger partial charge in [-0.25, -0.2) is 0 Å². The van der Waals surface area contributed by atoms with Crippen LogP contribution in [0, 0.1) is 11.3 Å². The maximum Gasteiger partial charge on any atom is 0.120 e. The molecular weight excluding hydrogens is 278 g/mol. The SMILES string of the molecule is N#Cc1ccc(SCCOc2cccc(Cl)c2)cc1. The number of rotatable bonds is 5. The first-order valence-corrected chi connectivity index (χ1v) is 7.15. The summed E-state index contributed by atoms with van der Waals surface area (Å²) in [6.45, 7) is 0.616. The highest BCUT2D eigenvalue weighted by Crippen LogP contribution is 2.20. The zero-order valence-corrected chi connectivity index (χ0v) is 11.7. The average molecular weight is 290 g/mol. The van der Waals surface area contributed by atoms with Gasteiger partial charge in [0.15, 0.2) is 0 Å². The first-order valence-electron chi connectivity index (χ1n) is 5.79. The number of thioether (sulfide) groups is 1. The molecule has 0 bridgehead atoms. The smallest absolute Gasteiger partial charge is 0.120 e. The lowest BCUT2D eigenvalue weighted by Crippen LogP contribution is -1.99. The summed E-state index contributed by atoms with van der Waals surface area (Å²) in [6, 6.07) is 17.0. The predicted molar refractivity (Wildman–Crippen MR) is 78.8 cm³/mol. The van der Waals surface area contributed by atoms with Crippen LogP contribution in [0.15, 0.2) is 53.4 Å². The van der Waals surface area contributed by atoms with Crippen LogP contribution >= 0.6 is 23.4 Å². The van der Waals surface area contributed by atoms with Gasteiger partial charge in [-0.05, 0) is 42.5 Å². The molecule has 2 nitrogen and oxygen atoms in total. The summed E-state index contributed by atoms with van der Waals surface area (Å²) in [4.78, 5) is 1.13. The van der Waals surface area contributed by atoms with E-state index in [0.717, 1.165) is 16.4 Å². The fraction of sp³-hybridized carbons (Fsp3) is 0.133. The molecule has 96 valence electrons. The third-order valence-electron chi connectivity index (χ3n) is 2.40. The zero-order chi connectivity index (χ0) is 13.5. The Hall–Kier alpha value is -1.63. The summed E-state index contributed by atoms with van der Waals surface area (Å²) in [5.41, 5.74) is 0.680. The number of hydrogen-bond acceptors (Lipinski definition) is 3. The molecule has 0 aliphatic carbocycles. The molecular formula is C15H12ClNOS. The number of halogens is 1. The van der Waals surface area contributed by atoms with Crippen molar-refractivity contribution in [1.82, 2.24) is 0 Å². The monoisotopic (exact) mass is 289 g/mol. The fourth-order valence-electron chi connectivity index (χ4n) is 1.50. The molecule has 0 aromatic heterocycles. The van der Waals surface area contributed by atoms with E-state index < -0.39 is 0 Å². The van der Waals surface area contributed by atoms with Gasteiger partial charge >= 0.3 is 0 Å². The van der Waals surface area contributed by atoms with Crippen LogP contribution in [-0.2, 0) is 0 Å². The first kappa shape index (κ1) is 13.8. The summed E-state index contributed by atoms with van der Waals surface area (Å²) in [7, 11) is 0. The Balaban J connectivity index is 1.76. The Morgan fingerprint density at radius 1 is 1.16 bits per heavy atom. The van der Waals surface area contributed by atoms with Crippen molar-refractivity contribution in [3.05, 3.63) is 59.1 Å². The molecule has 0 fully saturated rings. The molecule has 0 amide bonds. The predicted octanol–water partition coefficient (Wildman–Crippen LogP) is 4.38. The number of hydrogen-bond donors (Lipinski definition) is 0. The molecule has 0 aliphatic heterocycles. The summed E-state index contributed by atoms with van der Waals surface area (Å²) in [5, 5.41) is 9.38. The summed E-state index contributed by atoms with van der Waals surface area (Å²) in [5.74, 6) is 1.63. The number of nitriles is 1. The van der Waals surface area contributed by atoms with Gasteiger partial charge in [-0.3, -0.25) is 0 Å². The lowest BCUT2D eigenvalue weighted by molar-refractivity contribution is 0.344. The minimum absolute atomic E-state index is 0.616. The van der Waals surface area contributed by atoms with E-state index in [9.17, 15) is 0 Å². The van der Waals surface area contributed by atoms with Crippen LogP contribution in [0.5, 0.6) is 5.75 Å². The van der Waals surface area contributed by atoms with Gasteiger partial charge in [0.05, 0.1) is 18.2 Å². The molecule has 0 N–H and O–H groups in total. The van der Waals surface area contributed by atoms with Crippen molar-refractivity contribution in [3.63, 3.8) is 0 Å². The van der Waals surface area contributed by atoms with Crippen molar-refractivity contribution >= 4 is 23.4 Å². The van der Waals surface area contributed by atoms with Gasteiger partial charge in [0.25, 0.3) is 0 Å². The maximum absolute atomic E-state index is 8.70. The fourth-order valence-corrected chi connectivity index (χ4v) is 2.41. The molecule has 4 heteroatoms. The molecule has 0 aliphatic rings. The van der Waals surface area contributed by atoms with Crippen LogP contribution < -0.4 is 4.74 Å². The van der Waals surface area contributed by atoms with Crippen LogP contribution in [0.1, 0.15) is 5.56 Å². The van der Waals surface area contributed by atoms with E-state index in [1.54, 1.807) is 17.8 Å². The zero-order valence-electron chi connectivity index (χ0n) is 10.2. The lowest BCUT2D eigenvalue weighted by Gasteiger charge is -2.06. The van der Waals surface area contributed by atoms with Gasteiger partial charge in [-0.2, -0.15) is 5.26 Å². The molecule has 19 heavy (non-hydrogen) atoms. The number of ether oxygens (including phenoxy) is 1. The van der Waals surface area contributed by atoms with E-state index in [0.29, 0.717) is 17.2 Å². The highest BCUT2D eigenvalue weighted by atomic mass is 35.5. The largest absolute Gasteiger partial charge is 0.493 e. The minimum Gasteiger partial charge on any atom is -0.493 e. The minimum atomic E-state index is 0.616. The van der Waals surface area contributed by atoms with Gasteiger partial charge in [-0.1, -0.05) is 17.7 Å². The summed E-state index contributed by atoms with van der Waals surface area (Å²) in [6.07, 6.45) is 0. The van der Waals surface area contributed by atoms with E-state index in [1.165, 1.54) is 0 Å². The Bertz CT molecular complexity index is 577. The molecule has 0 saturated carbocycles. The Morgan fingerprint density at radius 3 is 2.63 bits per heavy atom. The summed E-state index contributed by atoms with van der Waals surface area (Å²) < 4.78 is 5.60. The Labute approximate surface area is 122 Å². The normalized spacial score (nSPS) is 9.89. The second kappa shape index (κ2) is 7.08. The van der Waals surface area contributed by atoms with Gasteiger partial charge in [0, 0.05) is 15.7 Å². The van der Waals surface area contributed by atoms with E-state index in [2.05, 4.69) is 6.07 Å². The standard InChI is InChI=1S/C15H12ClNOS/c16-13-2-1-3-14(10-13)18-8-9-19-15-6-4-12(11-17)5-7-15/h1-7,10H,8-9H2. The van der Waals surface area contributed by atoms with Gasteiger partial charge in [0.1, 0.15) is 5.75 Å². The van der Waals surface area contributed by atoms with E-state index in [-0.39, 0.29) is 0 Å². The van der Waals surface area contributed by atoms with Crippen LogP contribution in [0.25, 0.3) is 0 Å². The van der Waals surface area contributed by atoms with Crippen molar-refractivity contribution in [2.45, 2.75) is 4.90 Å². The number of benzene rings is 2. The third kappa shape index (κ3) is 4.51. The Kier molecular flexibility index (Phi) is 5.14. The molecule has 2 aromatic rings. The van der Waals surface area contributed by atoms with Crippen molar-refractivity contribution in [1.29, 1.82) is 5.26 Å². The van der Waals surface area contributed by atoms with Crippen molar-refractivity contribution < 1.29 is 4.74 Å². The van der Waals surface area contributed by atoms with Crippen molar-refractivity contribution in [3.8, 4) is 11.8 Å². The molecule has 2 rings (SSSR count). The van der Waals surface area contributed by atoms with E-state index in [4.69, 9.17) is 21.6 Å². The van der Waals surface area contributed by atoms with Crippen molar-refractivity contribution in [2.24, 2.45) is 0 Å². The number of nitrogens with zero attached hydrogens (tertiary/aromatic N) is 1. The maximum atomic E-state index is 8.70. The van der Waals surface area contributed by atoms with Crippen LogP contribution in [0.3, 0.4) is 0 Å². The van der Waals surface area contributed by atoms with Crippen LogP contribution in [-0.4, -0.2) is 12.4 Å². The quantitative estimate of drug-likeness (QED) is 0.605. The van der Waals surface area contributed by atoms with Crippen LogP contribution in [0.2, 0.25) is 5.02 Å². The van der Waals surface area contributed by atoms with E-state index in [1.807, 2.05) is 42.5 Å². The molecule has 0 radical (unpaired) electrons. The molecule has 0 atom stereocenters. The van der Waals surface area contributed by atoms with Crippen LogP contribution in [0.4, 0.5) is 0 Å².